The third-order valence-corrected chi connectivity index (χ3v) is 7.80. The van der Waals surface area contributed by atoms with Crippen molar-refractivity contribution in [3.05, 3.63) is 115 Å². The molecule has 4 rings (SSSR count). The van der Waals surface area contributed by atoms with Gasteiger partial charge in [0.15, 0.2) is 6.10 Å². The third kappa shape index (κ3) is 6.64. The number of hydrogen-bond acceptors (Lipinski definition) is 4. The summed E-state index contributed by atoms with van der Waals surface area (Å²) < 4.78 is 33.2. The molecule has 1 atom stereocenters. The van der Waals surface area contributed by atoms with Crippen LogP contribution in [0.3, 0.4) is 0 Å². The fourth-order valence-corrected chi connectivity index (χ4v) is 5.04. The van der Waals surface area contributed by atoms with E-state index in [0.29, 0.717) is 17.9 Å². The molecule has 0 aliphatic heterocycles. The minimum absolute atomic E-state index is 0.158. The topological polar surface area (TPSA) is 75.7 Å². The molecule has 1 N–H and O–H groups in total. The highest BCUT2D eigenvalue weighted by Crippen LogP contribution is 2.24. The molecular formula is C30H30N2O4S. The maximum Gasteiger partial charge on any atom is 0.265 e. The molecule has 0 radical (unpaired) electrons. The van der Waals surface area contributed by atoms with E-state index < -0.39 is 16.1 Å². The van der Waals surface area contributed by atoms with E-state index in [1.807, 2.05) is 91.9 Å². The molecule has 0 fully saturated rings. The largest absolute Gasteiger partial charge is 0.481 e. The van der Waals surface area contributed by atoms with Crippen LogP contribution < -0.4 is 10.1 Å². The molecule has 6 nitrogen and oxygen atoms in total. The summed E-state index contributed by atoms with van der Waals surface area (Å²) in [4.78, 5) is 13.0. The van der Waals surface area contributed by atoms with Crippen molar-refractivity contribution in [2.24, 2.45) is 0 Å². The van der Waals surface area contributed by atoms with Crippen LogP contribution in [0.4, 0.5) is 5.69 Å². The summed E-state index contributed by atoms with van der Waals surface area (Å²) in [5.41, 5.74) is 3.57. The van der Waals surface area contributed by atoms with Crippen molar-refractivity contribution in [1.82, 2.24) is 4.31 Å². The standard InChI is InChI=1S/C30H30N2O4S/c1-3-29(36-27-18-14-25(15-19-27)24-12-8-5-9-13-24)30(33)31-26-16-20-28(21-17-26)37(34,35)32(2)22-23-10-6-4-7-11-23/h4-21,29H,3,22H2,1-2H3,(H,31,33). The van der Waals surface area contributed by atoms with Crippen LogP contribution in [0.5, 0.6) is 5.75 Å². The average molecular weight is 515 g/mol. The van der Waals surface area contributed by atoms with E-state index in [1.165, 1.54) is 16.4 Å². The van der Waals surface area contributed by atoms with Gasteiger partial charge in [-0.1, -0.05) is 79.7 Å². The van der Waals surface area contributed by atoms with Crippen molar-refractivity contribution in [3.8, 4) is 16.9 Å². The Morgan fingerprint density at radius 1 is 0.811 bits per heavy atom. The Labute approximate surface area is 218 Å². The third-order valence-electron chi connectivity index (χ3n) is 5.98. The molecule has 0 saturated carbocycles. The van der Waals surface area contributed by atoms with Crippen LogP contribution in [-0.4, -0.2) is 31.8 Å². The van der Waals surface area contributed by atoms with Gasteiger partial charge in [0.05, 0.1) is 4.90 Å². The number of amides is 1. The highest BCUT2D eigenvalue weighted by Gasteiger charge is 2.22. The van der Waals surface area contributed by atoms with Crippen LogP contribution in [0.25, 0.3) is 11.1 Å². The molecule has 190 valence electrons. The summed E-state index contributed by atoms with van der Waals surface area (Å²) >= 11 is 0. The van der Waals surface area contributed by atoms with E-state index in [4.69, 9.17) is 4.74 Å². The quantitative estimate of drug-likeness (QED) is 0.283. The fraction of sp³-hybridized carbons (Fsp3) is 0.167. The summed E-state index contributed by atoms with van der Waals surface area (Å²) in [5.74, 6) is 0.302. The predicted molar refractivity (Wildman–Crippen MR) is 147 cm³/mol. The molecule has 0 aliphatic carbocycles. The molecule has 0 aliphatic rings. The molecule has 0 bridgehead atoms. The minimum Gasteiger partial charge on any atom is -0.481 e. The lowest BCUT2D eigenvalue weighted by Crippen LogP contribution is -2.32. The zero-order valence-electron chi connectivity index (χ0n) is 20.9. The van der Waals surface area contributed by atoms with Gasteiger partial charge in [-0.05, 0) is 59.5 Å². The molecular weight excluding hydrogens is 484 g/mol. The van der Waals surface area contributed by atoms with Crippen molar-refractivity contribution < 1.29 is 17.9 Å². The average Bonchev–Trinajstić information content (AvgIpc) is 2.93. The normalized spacial score (nSPS) is 12.2. The second-order valence-electron chi connectivity index (χ2n) is 8.67. The Morgan fingerprint density at radius 3 is 1.97 bits per heavy atom. The Balaban J connectivity index is 1.37. The van der Waals surface area contributed by atoms with E-state index in [9.17, 15) is 13.2 Å². The maximum absolute atomic E-state index is 13.0. The summed E-state index contributed by atoms with van der Waals surface area (Å²) in [6.07, 6.45) is -0.216. The molecule has 0 spiro atoms. The van der Waals surface area contributed by atoms with Crippen molar-refractivity contribution in [3.63, 3.8) is 0 Å². The number of anilines is 1. The van der Waals surface area contributed by atoms with Crippen LogP contribution in [-0.2, 0) is 21.4 Å². The zero-order chi connectivity index (χ0) is 26.3. The molecule has 4 aromatic carbocycles. The SMILES string of the molecule is CCC(Oc1ccc(-c2ccccc2)cc1)C(=O)Nc1ccc(S(=O)(=O)N(C)Cc2ccccc2)cc1. The Kier molecular flexibility index (Phi) is 8.38. The number of benzene rings is 4. The van der Waals surface area contributed by atoms with E-state index >= 15 is 0 Å². The molecule has 4 aromatic rings. The van der Waals surface area contributed by atoms with Gasteiger partial charge in [0.2, 0.25) is 10.0 Å². The van der Waals surface area contributed by atoms with Crippen LogP contribution in [0.1, 0.15) is 18.9 Å². The fourth-order valence-electron chi connectivity index (χ4n) is 3.88. The van der Waals surface area contributed by atoms with E-state index in [1.54, 1.807) is 19.2 Å². The number of hydrogen-bond donors (Lipinski definition) is 1. The first kappa shape index (κ1) is 26.1. The van der Waals surface area contributed by atoms with Crippen molar-refractivity contribution in [2.75, 3.05) is 12.4 Å². The molecule has 1 amide bonds. The van der Waals surface area contributed by atoms with E-state index in [0.717, 1.165) is 16.7 Å². The maximum atomic E-state index is 13.0. The zero-order valence-corrected chi connectivity index (χ0v) is 21.7. The first-order valence-corrected chi connectivity index (χ1v) is 13.5. The highest BCUT2D eigenvalue weighted by atomic mass is 32.2. The van der Waals surface area contributed by atoms with Gasteiger partial charge < -0.3 is 10.1 Å². The monoisotopic (exact) mass is 514 g/mol. The Bertz CT molecular complexity index is 1410. The molecule has 37 heavy (non-hydrogen) atoms. The lowest BCUT2D eigenvalue weighted by atomic mass is 10.1. The van der Waals surface area contributed by atoms with Gasteiger partial charge in [-0.3, -0.25) is 4.79 Å². The second kappa shape index (κ2) is 11.9. The Hall–Kier alpha value is -3.94. The van der Waals surface area contributed by atoms with Crippen LogP contribution in [0.15, 0.2) is 114 Å². The van der Waals surface area contributed by atoms with Gasteiger partial charge in [0, 0.05) is 19.3 Å². The second-order valence-corrected chi connectivity index (χ2v) is 10.7. The van der Waals surface area contributed by atoms with Gasteiger partial charge in [-0.15, -0.1) is 0 Å². The van der Waals surface area contributed by atoms with Crippen LogP contribution >= 0.6 is 0 Å². The summed E-state index contributed by atoms with van der Waals surface area (Å²) in [5, 5.41) is 2.83. The number of nitrogens with one attached hydrogen (secondary N) is 1. The number of carbonyl (C=O) groups is 1. The van der Waals surface area contributed by atoms with Gasteiger partial charge >= 0.3 is 0 Å². The summed E-state index contributed by atoms with van der Waals surface area (Å²) in [7, 11) is -2.12. The predicted octanol–water partition coefficient (Wildman–Crippen LogP) is 5.97. The molecule has 0 aromatic heterocycles. The highest BCUT2D eigenvalue weighted by molar-refractivity contribution is 7.89. The van der Waals surface area contributed by atoms with Gasteiger partial charge in [0.1, 0.15) is 5.75 Å². The number of rotatable bonds is 10. The summed E-state index contributed by atoms with van der Waals surface area (Å²) in [6.45, 7) is 2.14. The van der Waals surface area contributed by atoms with Crippen molar-refractivity contribution >= 4 is 21.6 Å². The number of carbonyl (C=O) groups excluding carboxylic acids is 1. The number of ether oxygens (including phenoxy) is 1. The van der Waals surface area contributed by atoms with Crippen LogP contribution in [0.2, 0.25) is 0 Å². The van der Waals surface area contributed by atoms with E-state index in [2.05, 4.69) is 5.32 Å². The summed E-state index contributed by atoms with van der Waals surface area (Å²) in [6, 6.07) is 33.2. The lowest BCUT2D eigenvalue weighted by Gasteiger charge is -2.19. The number of sulfonamides is 1. The van der Waals surface area contributed by atoms with Gasteiger partial charge in [-0.25, -0.2) is 8.42 Å². The van der Waals surface area contributed by atoms with Crippen molar-refractivity contribution in [2.45, 2.75) is 30.9 Å². The number of nitrogens with zero attached hydrogens (tertiary/aromatic N) is 1. The van der Waals surface area contributed by atoms with Crippen molar-refractivity contribution in [1.29, 1.82) is 0 Å². The lowest BCUT2D eigenvalue weighted by molar-refractivity contribution is -0.122. The minimum atomic E-state index is -3.67. The first-order chi connectivity index (χ1) is 17.9. The molecule has 7 heteroatoms. The van der Waals surface area contributed by atoms with E-state index in [-0.39, 0.29) is 17.3 Å². The molecule has 0 saturated heterocycles. The van der Waals surface area contributed by atoms with Gasteiger partial charge in [-0.2, -0.15) is 4.31 Å². The molecule has 1 unspecified atom stereocenters. The van der Waals surface area contributed by atoms with Crippen LogP contribution in [0, 0.1) is 0 Å². The molecule has 0 heterocycles. The first-order valence-electron chi connectivity index (χ1n) is 12.1. The smallest absolute Gasteiger partial charge is 0.265 e. The Morgan fingerprint density at radius 2 is 1.38 bits per heavy atom. The van der Waals surface area contributed by atoms with Gasteiger partial charge in [0.25, 0.3) is 5.91 Å².